The Bertz CT molecular complexity index is 739. The van der Waals surface area contributed by atoms with Gasteiger partial charge in [0.2, 0.25) is 5.91 Å². The summed E-state index contributed by atoms with van der Waals surface area (Å²) in [6.07, 6.45) is 2.09. The van der Waals surface area contributed by atoms with Gasteiger partial charge in [-0.25, -0.2) is 9.79 Å². The van der Waals surface area contributed by atoms with E-state index in [9.17, 15) is 9.59 Å². The van der Waals surface area contributed by atoms with E-state index < -0.39 is 0 Å². The topological polar surface area (TPSA) is 86.3 Å². The van der Waals surface area contributed by atoms with Gasteiger partial charge in [0.25, 0.3) is 0 Å². The van der Waals surface area contributed by atoms with Crippen LogP contribution < -0.4 is 10.6 Å². The van der Waals surface area contributed by atoms with Gasteiger partial charge in [-0.2, -0.15) is 0 Å². The normalized spacial score (nSPS) is 14.5. The minimum absolute atomic E-state index is 0. The molecular weight excluding hydrogens is 533 g/mol. The predicted octanol–water partition coefficient (Wildman–Crippen LogP) is 2.74. The first-order valence-corrected chi connectivity index (χ1v) is 10.7. The van der Waals surface area contributed by atoms with E-state index in [0.717, 1.165) is 24.8 Å². The second kappa shape index (κ2) is 14.3. The summed E-state index contributed by atoms with van der Waals surface area (Å²) in [4.78, 5) is 31.5. The van der Waals surface area contributed by atoms with Crippen LogP contribution >= 0.6 is 35.6 Å². The quantitative estimate of drug-likeness (QED) is 0.302. The van der Waals surface area contributed by atoms with Gasteiger partial charge >= 0.3 is 6.09 Å². The van der Waals surface area contributed by atoms with E-state index in [2.05, 4.69) is 15.6 Å². The number of likely N-dealkylation sites (tertiary alicyclic amines) is 1. The minimum atomic E-state index is -0.263. The molecule has 2 N–H and O–H groups in total. The van der Waals surface area contributed by atoms with Crippen LogP contribution in [0.5, 0.6) is 0 Å². The van der Waals surface area contributed by atoms with E-state index in [-0.39, 0.29) is 48.6 Å². The highest BCUT2D eigenvalue weighted by Gasteiger charge is 2.24. The van der Waals surface area contributed by atoms with Gasteiger partial charge in [0.1, 0.15) is 6.54 Å². The highest BCUT2D eigenvalue weighted by molar-refractivity contribution is 14.0. The van der Waals surface area contributed by atoms with Crippen molar-refractivity contribution in [2.24, 2.45) is 4.99 Å². The van der Waals surface area contributed by atoms with E-state index >= 15 is 0 Å². The summed E-state index contributed by atoms with van der Waals surface area (Å²) < 4.78 is 5.07. The molecule has 1 saturated heterocycles. The molecular formula is C21H33ClIN5O3. The maximum absolute atomic E-state index is 11.9. The van der Waals surface area contributed by atoms with E-state index in [4.69, 9.17) is 16.3 Å². The van der Waals surface area contributed by atoms with Crippen LogP contribution in [0, 0.1) is 0 Å². The first-order chi connectivity index (χ1) is 14.4. The Morgan fingerprint density at radius 1 is 1.29 bits per heavy atom. The van der Waals surface area contributed by atoms with Crippen LogP contribution in [0.25, 0.3) is 0 Å². The molecule has 1 fully saturated rings. The molecule has 2 amide bonds. The number of aliphatic imine (C=N–C) groups is 1. The number of carbonyl (C=O) groups excluding carboxylic acids is 2. The van der Waals surface area contributed by atoms with E-state index in [0.29, 0.717) is 37.2 Å². The number of piperidine rings is 1. The van der Waals surface area contributed by atoms with Crippen molar-refractivity contribution < 1.29 is 14.3 Å². The Balaban J connectivity index is 0.00000480. The molecule has 1 heterocycles. The predicted molar refractivity (Wildman–Crippen MR) is 134 cm³/mol. The monoisotopic (exact) mass is 565 g/mol. The summed E-state index contributed by atoms with van der Waals surface area (Å²) in [7, 11) is 3.42. The number of nitrogens with one attached hydrogen (secondary N) is 2. The van der Waals surface area contributed by atoms with Crippen molar-refractivity contribution in [3.63, 3.8) is 0 Å². The fourth-order valence-electron chi connectivity index (χ4n) is 3.07. The van der Waals surface area contributed by atoms with E-state index in [1.165, 1.54) is 4.90 Å². The second-order valence-corrected chi connectivity index (χ2v) is 7.80. The van der Waals surface area contributed by atoms with Crippen molar-refractivity contribution in [1.29, 1.82) is 0 Å². The van der Waals surface area contributed by atoms with Crippen molar-refractivity contribution in [3.8, 4) is 0 Å². The SMILES string of the molecule is CCOC(=O)N1CCC(NC(=NCC(=O)N(C)C)NCCc2cccc(Cl)c2)CC1.I. The first kappa shape index (κ1) is 27.3. The average Bonchev–Trinajstić information content (AvgIpc) is 2.72. The molecule has 0 aliphatic carbocycles. The van der Waals surface area contributed by atoms with Crippen LogP contribution in [-0.2, 0) is 16.0 Å². The van der Waals surface area contributed by atoms with Crippen LogP contribution in [-0.4, -0.2) is 80.7 Å². The van der Waals surface area contributed by atoms with Gasteiger partial charge in [-0.15, -0.1) is 24.0 Å². The zero-order valence-corrected chi connectivity index (χ0v) is 21.5. The number of halogens is 2. The standard InChI is InChI=1S/C21H32ClN5O3.HI/c1-4-30-21(29)27-12-9-18(10-13-27)25-20(24-15-19(28)26(2)3)23-11-8-16-6-5-7-17(22)14-16;/h5-7,14,18H,4,8-13,15H2,1-3H3,(H2,23,24,25);1H. The lowest BCUT2D eigenvalue weighted by Crippen LogP contribution is -2.50. The summed E-state index contributed by atoms with van der Waals surface area (Å²) in [5.74, 6) is 0.532. The number of rotatable bonds is 7. The molecule has 10 heteroatoms. The average molecular weight is 566 g/mol. The molecule has 0 atom stereocenters. The largest absolute Gasteiger partial charge is 0.450 e. The molecule has 1 aromatic rings. The van der Waals surface area contributed by atoms with Gasteiger partial charge in [-0.1, -0.05) is 23.7 Å². The van der Waals surface area contributed by atoms with Crippen LogP contribution in [0.3, 0.4) is 0 Å². The van der Waals surface area contributed by atoms with E-state index in [1.54, 1.807) is 25.9 Å². The third-order valence-electron chi connectivity index (χ3n) is 4.83. The third kappa shape index (κ3) is 9.94. The highest BCUT2D eigenvalue weighted by atomic mass is 127. The van der Waals surface area contributed by atoms with Gasteiger partial charge in [-0.05, 0) is 43.9 Å². The maximum atomic E-state index is 11.9. The molecule has 174 valence electrons. The molecule has 0 spiro atoms. The summed E-state index contributed by atoms with van der Waals surface area (Å²) in [5, 5.41) is 7.42. The molecule has 1 aromatic carbocycles. The Labute approximate surface area is 206 Å². The summed E-state index contributed by atoms with van der Waals surface area (Å²) in [5.41, 5.74) is 1.13. The van der Waals surface area contributed by atoms with Crippen molar-refractivity contribution in [2.75, 3.05) is 46.9 Å². The Hall–Kier alpha value is -1.75. The second-order valence-electron chi connectivity index (χ2n) is 7.36. The maximum Gasteiger partial charge on any atom is 0.409 e. The van der Waals surface area contributed by atoms with Crippen molar-refractivity contribution >= 4 is 53.5 Å². The lowest BCUT2D eigenvalue weighted by Gasteiger charge is -2.32. The Kier molecular flexibility index (Phi) is 12.6. The number of guanidine groups is 1. The zero-order valence-electron chi connectivity index (χ0n) is 18.4. The molecule has 0 radical (unpaired) electrons. The van der Waals surface area contributed by atoms with Crippen LogP contribution in [0.1, 0.15) is 25.3 Å². The fraction of sp³-hybridized carbons (Fsp3) is 0.571. The minimum Gasteiger partial charge on any atom is -0.450 e. The molecule has 8 nitrogen and oxygen atoms in total. The lowest BCUT2D eigenvalue weighted by molar-refractivity contribution is -0.127. The van der Waals surface area contributed by atoms with Crippen molar-refractivity contribution in [3.05, 3.63) is 34.9 Å². The first-order valence-electron chi connectivity index (χ1n) is 10.3. The Morgan fingerprint density at radius 3 is 2.61 bits per heavy atom. The van der Waals surface area contributed by atoms with Crippen LogP contribution in [0.15, 0.2) is 29.3 Å². The van der Waals surface area contributed by atoms with Gasteiger partial charge in [-0.3, -0.25) is 4.79 Å². The summed E-state index contributed by atoms with van der Waals surface area (Å²) in [6, 6.07) is 7.91. The fourth-order valence-corrected chi connectivity index (χ4v) is 3.29. The molecule has 0 saturated carbocycles. The number of hydrogen-bond acceptors (Lipinski definition) is 4. The number of amides is 2. The van der Waals surface area contributed by atoms with E-state index in [1.807, 2.05) is 24.3 Å². The van der Waals surface area contributed by atoms with Crippen molar-refractivity contribution in [1.82, 2.24) is 20.4 Å². The Morgan fingerprint density at radius 2 is 2.00 bits per heavy atom. The lowest BCUT2D eigenvalue weighted by atomic mass is 10.1. The molecule has 1 aliphatic rings. The smallest absolute Gasteiger partial charge is 0.409 e. The molecule has 0 aromatic heterocycles. The number of benzene rings is 1. The van der Waals surface area contributed by atoms with Crippen LogP contribution in [0.4, 0.5) is 4.79 Å². The number of nitrogens with zero attached hydrogens (tertiary/aromatic N) is 3. The van der Waals surface area contributed by atoms with Crippen molar-refractivity contribution in [2.45, 2.75) is 32.2 Å². The van der Waals surface area contributed by atoms with Gasteiger partial charge in [0.15, 0.2) is 5.96 Å². The summed E-state index contributed by atoms with van der Waals surface area (Å²) in [6.45, 7) is 4.17. The number of hydrogen-bond donors (Lipinski definition) is 2. The molecule has 31 heavy (non-hydrogen) atoms. The molecule has 0 unspecified atom stereocenters. The van der Waals surface area contributed by atoms with Gasteiger partial charge < -0.3 is 25.2 Å². The number of ether oxygens (including phenoxy) is 1. The van der Waals surface area contributed by atoms with Gasteiger partial charge in [0, 0.05) is 44.8 Å². The molecule has 2 rings (SSSR count). The van der Waals surface area contributed by atoms with Crippen LogP contribution in [0.2, 0.25) is 5.02 Å². The summed E-state index contributed by atoms with van der Waals surface area (Å²) >= 11 is 6.05. The third-order valence-corrected chi connectivity index (χ3v) is 5.06. The van der Waals surface area contributed by atoms with Gasteiger partial charge in [0.05, 0.1) is 6.61 Å². The molecule has 0 bridgehead atoms. The number of carbonyl (C=O) groups is 2. The number of likely N-dealkylation sites (N-methyl/N-ethyl adjacent to an activating group) is 1. The molecule has 1 aliphatic heterocycles. The highest BCUT2D eigenvalue weighted by Crippen LogP contribution is 2.12. The zero-order chi connectivity index (χ0) is 21.9.